The average molecular weight is 451 g/mol. The van der Waals surface area contributed by atoms with Crippen LogP contribution >= 0.6 is 0 Å². The zero-order chi connectivity index (χ0) is 22.8. The Morgan fingerprint density at radius 3 is 2.45 bits per heavy atom. The van der Waals surface area contributed by atoms with Crippen molar-refractivity contribution in [2.24, 2.45) is 5.92 Å². The molecule has 0 aromatic heterocycles. The molecule has 2 amide bonds. The number of carbonyl (C=O) groups excluding carboxylic acids is 2. The SMILES string of the molecule is O=C1CC(C(=O)N2CCCN(CC(F)(F)F)CC2)CN1Cc1cccc(C(F)(F)F)c1. The van der Waals surface area contributed by atoms with Crippen LogP contribution in [-0.4, -0.2) is 72.0 Å². The van der Waals surface area contributed by atoms with Gasteiger partial charge in [-0.15, -0.1) is 0 Å². The van der Waals surface area contributed by atoms with Gasteiger partial charge in [0.2, 0.25) is 11.8 Å². The number of rotatable bonds is 4. The van der Waals surface area contributed by atoms with E-state index in [0.717, 1.165) is 12.1 Å². The highest BCUT2D eigenvalue weighted by Gasteiger charge is 2.38. The van der Waals surface area contributed by atoms with Crippen molar-refractivity contribution in [2.75, 3.05) is 39.3 Å². The van der Waals surface area contributed by atoms with Crippen molar-refractivity contribution in [3.8, 4) is 0 Å². The molecular weight excluding hydrogens is 428 g/mol. The highest BCUT2D eigenvalue weighted by atomic mass is 19.4. The molecule has 2 heterocycles. The number of nitrogens with zero attached hydrogens (tertiary/aromatic N) is 3. The molecule has 0 saturated carbocycles. The van der Waals surface area contributed by atoms with Gasteiger partial charge in [0, 0.05) is 45.7 Å². The Morgan fingerprint density at radius 2 is 1.77 bits per heavy atom. The third-order valence-electron chi connectivity index (χ3n) is 5.49. The van der Waals surface area contributed by atoms with E-state index in [4.69, 9.17) is 0 Å². The van der Waals surface area contributed by atoms with Gasteiger partial charge in [0.1, 0.15) is 0 Å². The highest BCUT2D eigenvalue weighted by molar-refractivity contribution is 5.89. The van der Waals surface area contributed by atoms with E-state index in [1.807, 2.05) is 0 Å². The van der Waals surface area contributed by atoms with Crippen LogP contribution < -0.4 is 0 Å². The van der Waals surface area contributed by atoms with Gasteiger partial charge in [-0.05, 0) is 24.1 Å². The van der Waals surface area contributed by atoms with Gasteiger partial charge in [0.15, 0.2) is 0 Å². The summed E-state index contributed by atoms with van der Waals surface area (Å²) in [7, 11) is 0. The van der Waals surface area contributed by atoms with Gasteiger partial charge in [0.05, 0.1) is 18.0 Å². The van der Waals surface area contributed by atoms with Crippen LogP contribution in [0.25, 0.3) is 0 Å². The van der Waals surface area contributed by atoms with Gasteiger partial charge in [-0.25, -0.2) is 0 Å². The molecule has 0 radical (unpaired) electrons. The molecule has 0 aliphatic carbocycles. The smallest absolute Gasteiger partial charge is 0.341 e. The quantitative estimate of drug-likeness (QED) is 0.661. The second kappa shape index (κ2) is 9.05. The first-order valence-corrected chi connectivity index (χ1v) is 9.94. The summed E-state index contributed by atoms with van der Waals surface area (Å²) in [6.07, 6.45) is -8.45. The maximum Gasteiger partial charge on any atom is 0.416 e. The normalized spacial score (nSPS) is 21.5. The highest BCUT2D eigenvalue weighted by Crippen LogP contribution is 2.30. The molecule has 2 saturated heterocycles. The summed E-state index contributed by atoms with van der Waals surface area (Å²) >= 11 is 0. The van der Waals surface area contributed by atoms with E-state index in [9.17, 15) is 35.9 Å². The molecule has 5 nitrogen and oxygen atoms in total. The summed E-state index contributed by atoms with van der Waals surface area (Å²) in [5, 5.41) is 0. The lowest BCUT2D eigenvalue weighted by molar-refractivity contribution is -0.145. The molecule has 0 N–H and O–H groups in total. The molecule has 11 heteroatoms. The molecule has 3 rings (SSSR count). The largest absolute Gasteiger partial charge is 0.416 e. The van der Waals surface area contributed by atoms with E-state index in [2.05, 4.69) is 0 Å². The average Bonchev–Trinajstić information content (AvgIpc) is 2.87. The minimum absolute atomic E-state index is 0.0358. The lowest BCUT2D eigenvalue weighted by Crippen LogP contribution is -2.41. The Labute approximate surface area is 175 Å². The van der Waals surface area contributed by atoms with E-state index in [-0.39, 0.29) is 51.0 Å². The van der Waals surface area contributed by atoms with Crippen molar-refractivity contribution in [3.63, 3.8) is 0 Å². The Kier molecular flexibility index (Phi) is 6.82. The molecule has 1 aromatic rings. The van der Waals surface area contributed by atoms with Gasteiger partial charge < -0.3 is 9.80 Å². The molecule has 31 heavy (non-hydrogen) atoms. The number of benzene rings is 1. The molecule has 1 aromatic carbocycles. The first-order valence-electron chi connectivity index (χ1n) is 9.94. The first-order chi connectivity index (χ1) is 14.4. The van der Waals surface area contributed by atoms with Crippen molar-refractivity contribution < 1.29 is 35.9 Å². The maximum absolute atomic E-state index is 12.9. The number of halogens is 6. The Morgan fingerprint density at radius 1 is 1.03 bits per heavy atom. The van der Waals surface area contributed by atoms with Crippen LogP contribution in [0.4, 0.5) is 26.3 Å². The molecule has 2 aliphatic rings. The van der Waals surface area contributed by atoms with Crippen LogP contribution in [0.2, 0.25) is 0 Å². The van der Waals surface area contributed by atoms with Gasteiger partial charge in [-0.2, -0.15) is 26.3 Å². The van der Waals surface area contributed by atoms with Crippen LogP contribution in [0.3, 0.4) is 0 Å². The third kappa shape index (κ3) is 6.34. The van der Waals surface area contributed by atoms with Crippen molar-refractivity contribution in [3.05, 3.63) is 35.4 Å². The van der Waals surface area contributed by atoms with Crippen molar-refractivity contribution in [1.82, 2.24) is 14.7 Å². The van der Waals surface area contributed by atoms with E-state index in [1.165, 1.54) is 26.8 Å². The van der Waals surface area contributed by atoms with Crippen LogP contribution in [0.15, 0.2) is 24.3 Å². The summed E-state index contributed by atoms with van der Waals surface area (Å²) in [4.78, 5) is 29.3. The van der Waals surface area contributed by atoms with E-state index in [1.54, 1.807) is 0 Å². The van der Waals surface area contributed by atoms with Gasteiger partial charge >= 0.3 is 12.4 Å². The second-order valence-electron chi connectivity index (χ2n) is 7.94. The summed E-state index contributed by atoms with van der Waals surface area (Å²) < 4.78 is 76.5. The Balaban J connectivity index is 1.58. The van der Waals surface area contributed by atoms with E-state index in [0.29, 0.717) is 18.5 Å². The Bertz CT molecular complexity index is 811. The molecule has 0 bridgehead atoms. The predicted octanol–water partition coefficient (Wildman–Crippen LogP) is 3.15. The van der Waals surface area contributed by atoms with Gasteiger partial charge in [-0.3, -0.25) is 14.5 Å². The summed E-state index contributed by atoms with van der Waals surface area (Å²) in [5.74, 6) is -1.27. The van der Waals surface area contributed by atoms with E-state index < -0.39 is 30.4 Å². The summed E-state index contributed by atoms with van der Waals surface area (Å²) in [5.41, 5.74) is -0.494. The zero-order valence-corrected chi connectivity index (χ0v) is 16.7. The number of alkyl halides is 6. The van der Waals surface area contributed by atoms with Gasteiger partial charge in [0.25, 0.3) is 0 Å². The topological polar surface area (TPSA) is 43.9 Å². The standard InChI is InChI=1S/C20H23F6N3O2/c21-19(22,23)13-27-5-2-6-28(8-7-27)18(31)15-10-17(30)29(12-15)11-14-3-1-4-16(9-14)20(24,25)26/h1,3-4,9,15H,2,5-8,10-13H2. The van der Waals surface area contributed by atoms with E-state index >= 15 is 0 Å². The molecule has 1 atom stereocenters. The second-order valence-corrected chi connectivity index (χ2v) is 7.94. The van der Waals surface area contributed by atoms with Crippen LogP contribution in [-0.2, 0) is 22.3 Å². The fourth-order valence-electron chi connectivity index (χ4n) is 4.02. The van der Waals surface area contributed by atoms with Crippen LogP contribution in [0, 0.1) is 5.92 Å². The molecule has 1 unspecified atom stereocenters. The fraction of sp³-hybridized carbons (Fsp3) is 0.600. The van der Waals surface area contributed by atoms with Crippen molar-refractivity contribution in [2.45, 2.75) is 31.7 Å². The summed E-state index contributed by atoms with van der Waals surface area (Å²) in [6.45, 7) is -0.197. The third-order valence-corrected chi connectivity index (χ3v) is 5.49. The van der Waals surface area contributed by atoms with Crippen LogP contribution in [0.1, 0.15) is 24.0 Å². The van der Waals surface area contributed by atoms with Crippen molar-refractivity contribution in [1.29, 1.82) is 0 Å². The molecule has 2 aliphatic heterocycles. The molecule has 0 spiro atoms. The number of hydrogen-bond acceptors (Lipinski definition) is 3. The fourth-order valence-corrected chi connectivity index (χ4v) is 4.02. The number of carbonyl (C=O) groups is 2. The maximum atomic E-state index is 12.9. The van der Waals surface area contributed by atoms with Crippen molar-refractivity contribution >= 4 is 11.8 Å². The first kappa shape index (κ1) is 23.4. The minimum atomic E-state index is -4.49. The van der Waals surface area contributed by atoms with Gasteiger partial charge in [-0.1, -0.05) is 12.1 Å². The van der Waals surface area contributed by atoms with Crippen LogP contribution in [0.5, 0.6) is 0 Å². The Hall–Kier alpha value is -2.30. The lowest BCUT2D eigenvalue weighted by Gasteiger charge is -2.25. The monoisotopic (exact) mass is 451 g/mol. The number of hydrogen-bond donors (Lipinski definition) is 0. The predicted molar refractivity (Wildman–Crippen MR) is 98.7 cm³/mol. The molecule has 172 valence electrons. The minimum Gasteiger partial charge on any atom is -0.341 e. The summed E-state index contributed by atoms with van der Waals surface area (Å²) in [6, 6.07) is 4.68. The zero-order valence-electron chi connectivity index (χ0n) is 16.7. The molecule has 2 fully saturated rings. The lowest BCUT2D eigenvalue weighted by atomic mass is 10.1. The number of amides is 2. The number of likely N-dealkylation sites (tertiary alicyclic amines) is 1. The molecular formula is C20H23F6N3O2.